The Bertz CT molecular complexity index is 1350. The molecule has 4 amide bonds. The molecule has 34 heavy (non-hydrogen) atoms. The molecule has 0 unspecified atom stereocenters. The molecule has 2 heterocycles. The summed E-state index contributed by atoms with van der Waals surface area (Å²) in [5.74, 6) is -0.969. The molecule has 0 atom stereocenters. The lowest BCUT2D eigenvalue weighted by Crippen LogP contribution is -2.38. The number of rotatable bonds is 5. The second kappa shape index (κ2) is 9.02. The van der Waals surface area contributed by atoms with E-state index in [1.807, 2.05) is 45.0 Å². The van der Waals surface area contributed by atoms with Gasteiger partial charge in [0, 0.05) is 22.8 Å². The van der Waals surface area contributed by atoms with Crippen LogP contribution in [0.2, 0.25) is 0 Å². The highest BCUT2D eigenvalue weighted by Gasteiger charge is 2.35. The Labute approximate surface area is 199 Å². The van der Waals surface area contributed by atoms with Gasteiger partial charge in [-0.15, -0.1) is 0 Å². The third-order valence-electron chi connectivity index (χ3n) is 6.08. The average Bonchev–Trinajstić information content (AvgIpc) is 3.19. The van der Waals surface area contributed by atoms with Gasteiger partial charge in [0.05, 0.1) is 0 Å². The lowest BCUT2D eigenvalue weighted by Gasteiger charge is -2.12. The maximum atomic E-state index is 12.9. The lowest BCUT2D eigenvalue weighted by molar-refractivity contribution is -0.127. The molecule has 1 aliphatic rings. The molecule has 0 saturated carbocycles. The molecule has 0 bridgehead atoms. The van der Waals surface area contributed by atoms with Crippen LogP contribution in [0, 0.1) is 34.6 Å². The first kappa shape index (κ1) is 23.0. The molecule has 3 aromatic rings. The van der Waals surface area contributed by atoms with Crippen LogP contribution in [-0.2, 0) is 9.59 Å². The topological polar surface area (TPSA) is 83.4 Å². The largest absolute Gasteiger partial charge is 0.329 e. The minimum absolute atomic E-state index is 0.147. The summed E-state index contributed by atoms with van der Waals surface area (Å²) in [7, 11) is 0. The SMILES string of the molecule is Cc1cccc(NC(=O)CN2C(=O)NC(=Cc3cc(C)n(-c4ccc(C)c(C)c4)c3C)C2=O)c1. The van der Waals surface area contributed by atoms with Crippen molar-refractivity contribution in [1.29, 1.82) is 0 Å². The van der Waals surface area contributed by atoms with Crippen LogP contribution in [0.15, 0.2) is 54.2 Å². The summed E-state index contributed by atoms with van der Waals surface area (Å²) in [4.78, 5) is 38.7. The highest BCUT2D eigenvalue weighted by Crippen LogP contribution is 2.25. The monoisotopic (exact) mass is 456 g/mol. The van der Waals surface area contributed by atoms with Crippen molar-refractivity contribution in [3.63, 3.8) is 0 Å². The number of carbonyl (C=O) groups is 3. The van der Waals surface area contributed by atoms with Crippen molar-refractivity contribution in [2.45, 2.75) is 34.6 Å². The van der Waals surface area contributed by atoms with E-state index in [1.54, 1.807) is 12.1 Å². The number of nitrogens with zero attached hydrogens (tertiary/aromatic N) is 2. The first-order valence-electron chi connectivity index (χ1n) is 11.1. The molecule has 2 N–H and O–H groups in total. The number of aromatic nitrogens is 1. The maximum Gasteiger partial charge on any atom is 0.329 e. The molecule has 2 aromatic carbocycles. The molecule has 0 spiro atoms. The van der Waals surface area contributed by atoms with Crippen molar-refractivity contribution in [2.24, 2.45) is 0 Å². The van der Waals surface area contributed by atoms with Crippen molar-refractivity contribution in [1.82, 2.24) is 14.8 Å². The standard InChI is InChI=1S/C27H28N4O3/c1-16-7-6-8-22(11-16)28-25(32)15-30-26(33)24(29-27(30)34)14-21-13-19(4)31(20(21)5)23-10-9-17(2)18(3)12-23/h6-14H,15H2,1-5H3,(H,28,32)(H,29,34). The Morgan fingerprint density at radius 2 is 1.74 bits per heavy atom. The van der Waals surface area contributed by atoms with Crippen molar-refractivity contribution in [3.8, 4) is 5.69 Å². The zero-order chi connectivity index (χ0) is 24.6. The first-order valence-corrected chi connectivity index (χ1v) is 11.1. The maximum absolute atomic E-state index is 12.9. The summed E-state index contributed by atoms with van der Waals surface area (Å²) in [6.45, 7) is 9.68. The Hall–Kier alpha value is -4.13. The minimum Gasteiger partial charge on any atom is -0.325 e. The fourth-order valence-corrected chi connectivity index (χ4v) is 4.13. The van der Waals surface area contributed by atoms with E-state index in [2.05, 4.69) is 47.2 Å². The summed E-state index contributed by atoms with van der Waals surface area (Å²) in [6, 6.07) is 15.0. The summed E-state index contributed by atoms with van der Waals surface area (Å²) >= 11 is 0. The predicted molar refractivity (Wildman–Crippen MR) is 133 cm³/mol. The molecule has 7 nitrogen and oxygen atoms in total. The Kier molecular flexibility index (Phi) is 6.11. The van der Waals surface area contributed by atoms with E-state index in [1.165, 1.54) is 11.1 Å². The van der Waals surface area contributed by atoms with E-state index in [-0.39, 0.29) is 12.2 Å². The number of nitrogens with one attached hydrogen (secondary N) is 2. The van der Waals surface area contributed by atoms with Gasteiger partial charge in [0.25, 0.3) is 5.91 Å². The number of imide groups is 1. The van der Waals surface area contributed by atoms with Gasteiger partial charge in [-0.25, -0.2) is 9.69 Å². The van der Waals surface area contributed by atoms with E-state index < -0.39 is 17.8 Å². The number of benzene rings is 2. The van der Waals surface area contributed by atoms with Gasteiger partial charge in [-0.05, 0) is 93.3 Å². The highest BCUT2D eigenvalue weighted by molar-refractivity contribution is 6.16. The average molecular weight is 457 g/mol. The molecule has 1 fully saturated rings. The number of carbonyl (C=O) groups excluding carboxylic acids is 3. The Morgan fingerprint density at radius 1 is 0.971 bits per heavy atom. The van der Waals surface area contributed by atoms with E-state index in [0.717, 1.165) is 33.1 Å². The van der Waals surface area contributed by atoms with E-state index in [9.17, 15) is 14.4 Å². The van der Waals surface area contributed by atoms with Crippen LogP contribution in [0.1, 0.15) is 33.6 Å². The zero-order valence-electron chi connectivity index (χ0n) is 20.0. The van der Waals surface area contributed by atoms with Crippen molar-refractivity contribution in [3.05, 3.63) is 87.9 Å². The van der Waals surface area contributed by atoms with Crippen LogP contribution in [0.3, 0.4) is 0 Å². The van der Waals surface area contributed by atoms with Crippen LogP contribution in [-0.4, -0.2) is 33.9 Å². The van der Waals surface area contributed by atoms with Gasteiger partial charge in [0.15, 0.2) is 0 Å². The van der Waals surface area contributed by atoms with Gasteiger partial charge in [-0.2, -0.15) is 0 Å². The van der Waals surface area contributed by atoms with E-state index in [0.29, 0.717) is 5.69 Å². The number of hydrogen-bond donors (Lipinski definition) is 2. The molecule has 1 saturated heterocycles. The molecule has 0 aliphatic carbocycles. The Balaban J connectivity index is 1.54. The third kappa shape index (κ3) is 4.50. The molecule has 4 rings (SSSR count). The lowest BCUT2D eigenvalue weighted by atomic mass is 10.1. The molecule has 174 valence electrons. The van der Waals surface area contributed by atoms with Crippen LogP contribution in [0.4, 0.5) is 10.5 Å². The van der Waals surface area contributed by atoms with Crippen LogP contribution in [0.25, 0.3) is 11.8 Å². The third-order valence-corrected chi connectivity index (χ3v) is 6.08. The summed E-state index contributed by atoms with van der Waals surface area (Å²) in [6.07, 6.45) is 1.67. The van der Waals surface area contributed by atoms with Gasteiger partial charge in [0.1, 0.15) is 12.2 Å². The second-order valence-corrected chi connectivity index (χ2v) is 8.73. The van der Waals surface area contributed by atoms with Gasteiger partial charge in [-0.3, -0.25) is 9.59 Å². The highest BCUT2D eigenvalue weighted by atomic mass is 16.2. The number of hydrogen-bond acceptors (Lipinski definition) is 3. The molecular weight excluding hydrogens is 428 g/mol. The minimum atomic E-state index is -0.612. The first-order chi connectivity index (χ1) is 16.1. The molecular formula is C27H28N4O3. The van der Waals surface area contributed by atoms with Gasteiger partial charge >= 0.3 is 6.03 Å². The van der Waals surface area contributed by atoms with Crippen LogP contribution in [0.5, 0.6) is 0 Å². The van der Waals surface area contributed by atoms with Gasteiger partial charge in [0.2, 0.25) is 5.91 Å². The summed E-state index contributed by atoms with van der Waals surface area (Å²) < 4.78 is 2.12. The fourth-order valence-electron chi connectivity index (χ4n) is 4.13. The number of aryl methyl sites for hydroxylation is 4. The number of urea groups is 1. The van der Waals surface area contributed by atoms with Gasteiger partial charge in [-0.1, -0.05) is 18.2 Å². The molecule has 1 aromatic heterocycles. The molecule has 7 heteroatoms. The van der Waals surface area contributed by atoms with Gasteiger partial charge < -0.3 is 15.2 Å². The van der Waals surface area contributed by atoms with Crippen molar-refractivity contribution < 1.29 is 14.4 Å². The summed E-state index contributed by atoms with van der Waals surface area (Å²) in [5, 5.41) is 5.33. The van der Waals surface area contributed by atoms with E-state index in [4.69, 9.17) is 0 Å². The molecule has 1 aliphatic heterocycles. The molecule has 0 radical (unpaired) electrons. The quantitative estimate of drug-likeness (QED) is 0.436. The second-order valence-electron chi connectivity index (χ2n) is 8.73. The zero-order valence-corrected chi connectivity index (χ0v) is 20.0. The Morgan fingerprint density at radius 3 is 2.44 bits per heavy atom. The fraction of sp³-hybridized carbons (Fsp3) is 0.222. The number of anilines is 1. The van der Waals surface area contributed by atoms with Crippen LogP contribution < -0.4 is 10.6 Å². The normalized spacial score (nSPS) is 14.6. The smallest absolute Gasteiger partial charge is 0.325 e. The number of amides is 4. The van der Waals surface area contributed by atoms with Crippen molar-refractivity contribution in [2.75, 3.05) is 11.9 Å². The predicted octanol–water partition coefficient (Wildman–Crippen LogP) is 4.55. The van der Waals surface area contributed by atoms with Crippen LogP contribution >= 0.6 is 0 Å². The summed E-state index contributed by atoms with van der Waals surface area (Å²) in [5.41, 5.74) is 8.01. The van der Waals surface area contributed by atoms with Crippen molar-refractivity contribution >= 4 is 29.6 Å². The van der Waals surface area contributed by atoms with E-state index >= 15 is 0 Å².